The summed E-state index contributed by atoms with van der Waals surface area (Å²) in [5.74, 6) is -0.102. The first kappa shape index (κ1) is 21.1. The quantitative estimate of drug-likeness (QED) is 0.718. The number of carbonyl (C=O) groups excluding carboxylic acids is 2. The fourth-order valence-electron chi connectivity index (χ4n) is 4.32. The van der Waals surface area contributed by atoms with Crippen LogP contribution in [-0.4, -0.2) is 30.5 Å². The van der Waals surface area contributed by atoms with Crippen molar-refractivity contribution < 1.29 is 18.7 Å². The van der Waals surface area contributed by atoms with Gasteiger partial charge in [-0.1, -0.05) is 17.7 Å². The molecule has 2 atom stereocenters. The number of rotatable bonds is 6. The summed E-state index contributed by atoms with van der Waals surface area (Å²) in [7, 11) is 0. The molecule has 0 heterocycles. The highest BCUT2D eigenvalue weighted by Crippen LogP contribution is 2.45. The molecule has 8 heteroatoms. The van der Waals surface area contributed by atoms with E-state index >= 15 is 0 Å². The van der Waals surface area contributed by atoms with Crippen LogP contribution in [0.1, 0.15) is 35.2 Å². The molecule has 3 fully saturated rings. The Morgan fingerprint density at radius 1 is 1.10 bits per heavy atom. The second-order valence-electron chi connectivity index (χ2n) is 8.04. The zero-order valence-corrected chi connectivity index (χ0v) is 17.4. The lowest BCUT2D eigenvalue weighted by Crippen LogP contribution is -2.60. The molecule has 6 nitrogen and oxygen atoms in total. The van der Waals surface area contributed by atoms with Gasteiger partial charge in [0.05, 0.1) is 16.7 Å². The molecule has 2 N–H and O–H groups in total. The Kier molecular flexibility index (Phi) is 6.10. The molecule has 2 bridgehead atoms. The smallest absolute Gasteiger partial charge is 0.258 e. The largest absolute Gasteiger partial charge is 0.484 e. The van der Waals surface area contributed by atoms with E-state index in [1.807, 2.05) is 6.07 Å². The van der Waals surface area contributed by atoms with Crippen LogP contribution >= 0.6 is 11.6 Å². The first-order valence-corrected chi connectivity index (χ1v) is 10.5. The molecule has 160 valence electrons. The van der Waals surface area contributed by atoms with Crippen molar-refractivity contribution in [1.29, 1.82) is 5.26 Å². The van der Waals surface area contributed by atoms with Gasteiger partial charge in [0.1, 0.15) is 11.6 Å². The van der Waals surface area contributed by atoms with Gasteiger partial charge in [-0.25, -0.2) is 4.39 Å². The van der Waals surface area contributed by atoms with Crippen molar-refractivity contribution in [2.45, 2.75) is 31.3 Å². The van der Waals surface area contributed by atoms with Crippen LogP contribution in [0, 0.1) is 29.0 Å². The van der Waals surface area contributed by atoms with Gasteiger partial charge in [-0.15, -0.1) is 0 Å². The normalized spacial score (nSPS) is 23.8. The lowest BCUT2D eigenvalue weighted by atomic mass is 9.60. The van der Waals surface area contributed by atoms with E-state index in [-0.39, 0.29) is 41.3 Å². The van der Waals surface area contributed by atoms with Crippen LogP contribution in [-0.2, 0) is 4.79 Å². The SMILES string of the molecule is N#Cc1cccc(C(=O)NC2CC(NC(=O)COc3ccc(Cl)c(F)c3)C3CC2C3)c1. The van der Waals surface area contributed by atoms with Gasteiger partial charge in [0.2, 0.25) is 0 Å². The van der Waals surface area contributed by atoms with Crippen molar-refractivity contribution in [1.82, 2.24) is 10.6 Å². The third-order valence-corrected chi connectivity index (χ3v) is 6.34. The number of nitrogens with zero attached hydrogens (tertiary/aromatic N) is 1. The number of nitriles is 1. The molecule has 2 unspecified atom stereocenters. The molecule has 3 saturated carbocycles. The summed E-state index contributed by atoms with van der Waals surface area (Å²) in [4.78, 5) is 25.0. The highest BCUT2D eigenvalue weighted by molar-refractivity contribution is 6.30. The number of halogens is 2. The molecule has 0 saturated heterocycles. The number of benzene rings is 2. The van der Waals surface area contributed by atoms with E-state index in [1.165, 1.54) is 12.1 Å². The summed E-state index contributed by atoms with van der Waals surface area (Å²) >= 11 is 5.64. The van der Waals surface area contributed by atoms with Crippen LogP contribution < -0.4 is 15.4 Å². The molecule has 2 amide bonds. The van der Waals surface area contributed by atoms with Crippen LogP contribution in [0.2, 0.25) is 5.02 Å². The summed E-state index contributed by atoms with van der Waals surface area (Å²) in [6.07, 6.45) is 2.52. The third-order valence-electron chi connectivity index (χ3n) is 6.03. The molecule has 3 aliphatic rings. The van der Waals surface area contributed by atoms with Crippen LogP contribution in [0.5, 0.6) is 5.75 Å². The van der Waals surface area contributed by atoms with Gasteiger partial charge in [-0.2, -0.15) is 5.26 Å². The molecule has 0 radical (unpaired) electrons. The van der Waals surface area contributed by atoms with Gasteiger partial charge < -0.3 is 15.4 Å². The number of hydrogen-bond donors (Lipinski definition) is 2. The Morgan fingerprint density at radius 2 is 1.84 bits per heavy atom. The average Bonchev–Trinajstić information content (AvgIpc) is 2.73. The zero-order valence-electron chi connectivity index (χ0n) is 16.6. The van der Waals surface area contributed by atoms with E-state index in [9.17, 15) is 14.0 Å². The Bertz CT molecular complexity index is 1050. The number of amides is 2. The van der Waals surface area contributed by atoms with Gasteiger partial charge in [0.15, 0.2) is 6.61 Å². The fraction of sp³-hybridized carbons (Fsp3) is 0.348. The average molecular weight is 442 g/mol. The van der Waals surface area contributed by atoms with E-state index in [0.29, 0.717) is 29.4 Å². The minimum atomic E-state index is -0.605. The predicted molar refractivity (Wildman–Crippen MR) is 112 cm³/mol. The van der Waals surface area contributed by atoms with Crippen molar-refractivity contribution in [3.05, 3.63) is 64.4 Å². The highest BCUT2D eigenvalue weighted by atomic mass is 35.5. The number of hydrogen-bond acceptors (Lipinski definition) is 4. The van der Waals surface area contributed by atoms with Crippen molar-refractivity contribution in [3.8, 4) is 11.8 Å². The minimum absolute atomic E-state index is 0.00835. The maximum absolute atomic E-state index is 13.5. The van der Waals surface area contributed by atoms with Gasteiger partial charge in [0.25, 0.3) is 11.8 Å². The minimum Gasteiger partial charge on any atom is -0.484 e. The molecule has 2 aromatic carbocycles. The molecule has 0 aromatic heterocycles. The number of nitrogens with one attached hydrogen (secondary N) is 2. The van der Waals surface area contributed by atoms with E-state index < -0.39 is 5.82 Å². The summed E-state index contributed by atoms with van der Waals surface area (Å²) in [5, 5.41) is 15.1. The van der Waals surface area contributed by atoms with Crippen molar-refractivity contribution in [2.75, 3.05) is 6.61 Å². The first-order valence-electron chi connectivity index (χ1n) is 10.1. The van der Waals surface area contributed by atoms with E-state index in [2.05, 4.69) is 10.6 Å². The second kappa shape index (κ2) is 8.94. The predicted octanol–water partition coefficient (Wildman–Crippen LogP) is 3.44. The maximum Gasteiger partial charge on any atom is 0.258 e. The number of fused-ring (bicyclic) bond motifs is 2. The molecule has 2 aromatic rings. The van der Waals surface area contributed by atoms with E-state index in [1.54, 1.807) is 24.3 Å². The molecule has 0 spiro atoms. The second-order valence-corrected chi connectivity index (χ2v) is 8.45. The maximum atomic E-state index is 13.5. The molecule has 3 aliphatic carbocycles. The Labute approximate surface area is 184 Å². The van der Waals surface area contributed by atoms with Crippen LogP contribution in [0.3, 0.4) is 0 Å². The lowest BCUT2D eigenvalue weighted by Gasteiger charge is -2.51. The number of ether oxygens (including phenoxy) is 1. The monoisotopic (exact) mass is 441 g/mol. The summed E-state index contributed by atoms with van der Waals surface area (Å²) in [6, 6.07) is 12.5. The van der Waals surface area contributed by atoms with Crippen LogP contribution in [0.15, 0.2) is 42.5 Å². The summed E-state index contributed by atoms with van der Waals surface area (Å²) in [6.45, 7) is -0.230. The third kappa shape index (κ3) is 4.80. The van der Waals surface area contributed by atoms with Crippen molar-refractivity contribution >= 4 is 23.4 Å². The van der Waals surface area contributed by atoms with Crippen molar-refractivity contribution in [3.63, 3.8) is 0 Å². The molecule has 5 rings (SSSR count). The zero-order chi connectivity index (χ0) is 22.0. The first-order chi connectivity index (χ1) is 14.9. The van der Waals surface area contributed by atoms with Gasteiger partial charge >= 0.3 is 0 Å². The molecule has 31 heavy (non-hydrogen) atoms. The van der Waals surface area contributed by atoms with Crippen molar-refractivity contribution in [2.24, 2.45) is 11.8 Å². The van der Waals surface area contributed by atoms with Gasteiger partial charge in [0, 0.05) is 23.7 Å². The Hall–Kier alpha value is -3.11. The fourth-order valence-corrected chi connectivity index (χ4v) is 4.44. The topological polar surface area (TPSA) is 91.2 Å². The Morgan fingerprint density at radius 3 is 2.55 bits per heavy atom. The lowest BCUT2D eigenvalue weighted by molar-refractivity contribution is -0.125. The van der Waals surface area contributed by atoms with E-state index in [4.69, 9.17) is 21.6 Å². The number of carbonyl (C=O) groups is 2. The van der Waals surface area contributed by atoms with Gasteiger partial charge in [-0.3, -0.25) is 9.59 Å². The molecule has 0 aliphatic heterocycles. The standard InChI is InChI=1S/C23H21ClFN3O3/c24-18-5-4-17(9-19(18)25)31-12-22(29)27-20-10-21(16-7-15(20)8-16)28-23(30)14-3-1-2-13(6-14)11-26/h1-6,9,15-16,20-21H,7-8,10,12H2,(H,27,29)(H,28,30). The van der Waals surface area contributed by atoms with Crippen LogP contribution in [0.4, 0.5) is 4.39 Å². The van der Waals surface area contributed by atoms with E-state index in [0.717, 1.165) is 18.9 Å². The van der Waals surface area contributed by atoms with Crippen LogP contribution in [0.25, 0.3) is 0 Å². The molecular weight excluding hydrogens is 421 g/mol. The summed E-state index contributed by atoms with van der Waals surface area (Å²) < 4.78 is 18.8. The summed E-state index contributed by atoms with van der Waals surface area (Å²) in [5.41, 5.74) is 0.885. The van der Waals surface area contributed by atoms with Gasteiger partial charge in [-0.05, 0) is 61.4 Å². The highest BCUT2D eigenvalue weighted by Gasteiger charge is 2.46. The molecular formula is C23H21ClFN3O3. The Balaban J connectivity index is 1.31.